The summed E-state index contributed by atoms with van der Waals surface area (Å²) >= 11 is 0. The standard InChI is InChI=1S/C19H22N4O2/c1-4-14-5-7-16(8-6-14)23-11-15(10-17(23)24)18(25)22-19-20-12(2)9-13(3)21-19/h5-9,15H,4,10-11H2,1-3H3,(H,20,21,22,25)/t15-/m0/s1. The van der Waals surface area contributed by atoms with Gasteiger partial charge in [0.2, 0.25) is 17.8 Å². The fourth-order valence-corrected chi connectivity index (χ4v) is 3.04. The minimum Gasteiger partial charge on any atom is -0.312 e. The lowest BCUT2D eigenvalue weighted by molar-refractivity contribution is -0.122. The van der Waals surface area contributed by atoms with Gasteiger partial charge in [-0.05, 0) is 44.0 Å². The van der Waals surface area contributed by atoms with Crippen LogP contribution < -0.4 is 10.2 Å². The molecule has 1 fully saturated rings. The SMILES string of the molecule is CCc1ccc(N2C[C@@H](C(=O)Nc3nc(C)cc(C)n3)CC2=O)cc1. The number of hydrogen-bond acceptors (Lipinski definition) is 4. The maximum absolute atomic E-state index is 12.5. The summed E-state index contributed by atoms with van der Waals surface area (Å²) in [7, 11) is 0. The highest BCUT2D eigenvalue weighted by Crippen LogP contribution is 2.26. The summed E-state index contributed by atoms with van der Waals surface area (Å²) < 4.78 is 0. The summed E-state index contributed by atoms with van der Waals surface area (Å²) in [5, 5.41) is 2.74. The van der Waals surface area contributed by atoms with Gasteiger partial charge in [0.1, 0.15) is 0 Å². The Balaban J connectivity index is 1.69. The summed E-state index contributed by atoms with van der Waals surface area (Å²) in [4.78, 5) is 34.9. The van der Waals surface area contributed by atoms with E-state index < -0.39 is 5.92 Å². The van der Waals surface area contributed by atoms with Crippen molar-refractivity contribution in [3.63, 3.8) is 0 Å². The van der Waals surface area contributed by atoms with Crippen molar-refractivity contribution < 1.29 is 9.59 Å². The molecule has 3 rings (SSSR count). The van der Waals surface area contributed by atoms with Crippen molar-refractivity contribution in [3.05, 3.63) is 47.3 Å². The first-order valence-corrected chi connectivity index (χ1v) is 8.48. The Bertz CT molecular complexity index is 781. The number of benzene rings is 1. The van der Waals surface area contributed by atoms with Gasteiger partial charge in [-0.1, -0.05) is 19.1 Å². The number of carbonyl (C=O) groups is 2. The first-order chi connectivity index (χ1) is 12.0. The quantitative estimate of drug-likeness (QED) is 0.930. The largest absolute Gasteiger partial charge is 0.312 e. The Labute approximate surface area is 147 Å². The van der Waals surface area contributed by atoms with Crippen molar-refractivity contribution in [3.8, 4) is 0 Å². The van der Waals surface area contributed by atoms with E-state index >= 15 is 0 Å². The highest BCUT2D eigenvalue weighted by Gasteiger charge is 2.35. The molecular formula is C19H22N4O2. The highest BCUT2D eigenvalue weighted by molar-refractivity contribution is 6.03. The van der Waals surface area contributed by atoms with Gasteiger partial charge in [0.15, 0.2) is 0 Å². The number of anilines is 2. The molecule has 1 N–H and O–H groups in total. The zero-order valence-corrected chi connectivity index (χ0v) is 14.7. The minimum absolute atomic E-state index is 0.0364. The van der Waals surface area contributed by atoms with Gasteiger partial charge in [0.25, 0.3) is 0 Å². The fourth-order valence-electron chi connectivity index (χ4n) is 3.04. The molecule has 1 aliphatic rings. The smallest absolute Gasteiger partial charge is 0.232 e. The van der Waals surface area contributed by atoms with Gasteiger partial charge in [-0.25, -0.2) is 9.97 Å². The number of aryl methyl sites for hydroxylation is 3. The summed E-state index contributed by atoms with van der Waals surface area (Å²) in [6, 6.07) is 9.74. The summed E-state index contributed by atoms with van der Waals surface area (Å²) in [6.07, 6.45) is 1.15. The van der Waals surface area contributed by atoms with Gasteiger partial charge in [-0.3, -0.25) is 14.9 Å². The van der Waals surface area contributed by atoms with E-state index in [9.17, 15) is 9.59 Å². The van der Waals surface area contributed by atoms with Crippen LogP contribution in [0.2, 0.25) is 0 Å². The van der Waals surface area contributed by atoms with Crippen molar-refractivity contribution in [2.45, 2.75) is 33.6 Å². The van der Waals surface area contributed by atoms with E-state index in [1.54, 1.807) is 4.90 Å². The second kappa shape index (κ2) is 7.01. The van der Waals surface area contributed by atoms with Crippen molar-refractivity contribution in [2.24, 2.45) is 5.92 Å². The molecule has 6 heteroatoms. The van der Waals surface area contributed by atoms with Crippen LogP contribution in [0.3, 0.4) is 0 Å². The first kappa shape index (κ1) is 17.1. The van der Waals surface area contributed by atoms with Gasteiger partial charge >= 0.3 is 0 Å². The van der Waals surface area contributed by atoms with E-state index in [4.69, 9.17) is 0 Å². The maximum atomic E-state index is 12.5. The third-order valence-electron chi connectivity index (χ3n) is 4.37. The molecule has 1 aromatic carbocycles. The average Bonchev–Trinajstić information content (AvgIpc) is 2.96. The van der Waals surface area contributed by atoms with Crippen LogP contribution in [0.1, 0.15) is 30.3 Å². The van der Waals surface area contributed by atoms with Crippen LogP contribution in [0.4, 0.5) is 11.6 Å². The van der Waals surface area contributed by atoms with Crippen molar-refractivity contribution in [1.82, 2.24) is 9.97 Å². The number of nitrogens with one attached hydrogen (secondary N) is 1. The number of aromatic nitrogens is 2. The van der Waals surface area contributed by atoms with Crippen LogP contribution in [0, 0.1) is 19.8 Å². The Hall–Kier alpha value is -2.76. The zero-order valence-electron chi connectivity index (χ0n) is 14.7. The molecule has 0 unspecified atom stereocenters. The molecule has 2 heterocycles. The van der Waals surface area contributed by atoms with Crippen LogP contribution in [-0.4, -0.2) is 28.3 Å². The molecule has 0 radical (unpaired) electrons. The predicted molar refractivity (Wildman–Crippen MR) is 96.4 cm³/mol. The topological polar surface area (TPSA) is 75.2 Å². The van der Waals surface area contributed by atoms with Crippen molar-refractivity contribution >= 4 is 23.5 Å². The van der Waals surface area contributed by atoms with Crippen LogP contribution >= 0.6 is 0 Å². The second-order valence-corrected chi connectivity index (χ2v) is 6.39. The monoisotopic (exact) mass is 338 g/mol. The number of hydrogen-bond donors (Lipinski definition) is 1. The van der Waals surface area contributed by atoms with Crippen LogP contribution in [0.15, 0.2) is 30.3 Å². The van der Waals surface area contributed by atoms with E-state index in [1.807, 2.05) is 44.2 Å². The fraction of sp³-hybridized carbons (Fsp3) is 0.368. The van der Waals surface area contributed by atoms with Gasteiger partial charge in [-0.15, -0.1) is 0 Å². The predicted octanol–water partition coefficient (Wildman–Crippen LogP) is 2.65. The van der Waals surface area contributed by atoms with Crippen LogP contribution in [0.5, 0.6) is 0 Å². The number of carbonyl (C=O) groups excluding carboxylic acids is 2. The van der Waals surface area contributed by atoms with E-state index in [2.05, 4.69) is 22.2 Å². The summed E-state index contributed by atoms with van der Waals surface area (Å²) in [5.41, 5.74) is 3.64. The molecule has 2 amide bonds. The third-order valence-corrected chi connectivity index (χ3v) is 4.37. The molecule has 0 saturated carbocycles. The second-order valence-electron chi connectivity index (χ2n) is 6.39. The summed E-state index contributed by atoms with van der Waals surface area (Å²) in [5.74, 6) is -0.361. The maximum Gasteiger partial charge on any atom is 0.232 e. The van der Waals surface area contributed by atoms with Crippen molar-refractivity contribution in [2.75, 3.05) is 16.8 Å². The van der Waals surface area contributed by atoms with E-state index in [1.165, 1.54) is 5.56 Å². The molecule has 2 aromatic rings. The van der Waals surface area contributed by atoms with Gasteiger partial charge in [-0.2, -0.15) is 0 Å². The molecule has 1 saturated heterocycles. The van der Waals surface area contributed by atoms with E-state index in [0.29, 0.717) is 12.5 Å². The molecule has 1 atom stereocenters. The normalized spacial score (nSPS) is 17.0. The molecule has 0 bridgehead atoms. The van der Waals surface area contributed by atoms with Gasteiger partial charge in [0.05, 0.1) is 5.92 Å². The lowest BCUT2D eigenvalue weighted by atomic mass is 10.1. The average molecular weight is 338 g/mol. The van der Waals surface area contributed by atoms with E-state index in [0.717, 1.165) is 23.5 Å². The zero-order chi connectivity index (χ0) is 18.0. The Morgan fingerprint density at radius 1 is 1.20 bits per heavy atom. The molecule has 1 aromatic heterocycles. The molecule has 25 heavy (non-hydrogen) atoms. The summed E-state index contributed by atoms with van der Waals surface area (Å²) in [6.45, 7) is 6.17. The Morgan fingerprint density at radius 3 is 2.44 bits per heavy atom. The first-order valence-electron chi connectivity index (χ1n) is 8.48. The van der Waals surface area contributed by atoms with Gasteiger partial charge < -0.3 is 4.90 Å². The molecule has 0 aliphatic carbocycles. The van der Waals surface area contributed by atoms with Gasteiger partial charge in [0, 0.05) is 30.0 Å². The number of rotatable bonds is 4. The van der Waals surface area contributed by atoms with Crippen LogP contribution in [-0.2, 0) is 16.0 Å². The highest BCUT2D eigenvalue weighted by atomic mass is 16.2. The third kappa shape index (κ3) is 3.84. The van der Waals surface area contributed by atoms with E-state index in [-0.39, 0.29) is 18.2 Å². The van der Waals surface area contributed by atoms with Crippen molar-refractivity contribution in [1.29, 1.82) is 0 Å². The van der Waals surface area contributed by atoms with Crippen LogP contribution in [0.25, 0.3) is 0 Å². The lowest BCUT2D eigenvalue weighted by Crippen LogP contribution is -2.28. The Kier molecular flexibility index (Phi) is 4.79. The molecule has 6 nitrogen and oxygen atoms in total. The minimum atomic E-state index is -0.400. The molecule has 130 valence electrons. The molecule has 0 spiro atoms. The lowest BCUT2D eigenvalue weighted by Gasteiger charge is -2.17. The molecular weight excluding hydrogens is 316 g/mol. The Morgan fingerprint density at radius 2 is 1.84 bits per heavy atom. The number of nitrogens with zero attached hydrogens (tertiary/aromatic N) is 3. The molecule has 1 aliphatic heterocycles. The number of amides is 2.